The lowest BCUT2D eigenvalue weighted by molar-refractivity contribution is -0.928. The summed E-state index contributed by atoms with van der Waals surface area (Å²) in [4.78, 5) is 0. The fourth-order valence-electron chi connectivity index (χ4n) is 4.14. The van der Waals surface area contributed by atoms with Gasteiger partial charge in [0.1, 0.15) is 0 Å². The third kappa shape index (κ3) is 9.44. The van der Waals surface area contributed by atoms with Crippen LogP contribution in [0, 0.1) is 0 Å². The molecule has 1 aromatic carbocycles. The van der Waals surface area contributed by atoms with Crippen molar-refractivity contribution in [3.63, 3.8) is 0 Å². The molecule has 0 spiro atoms. The lowest BCUT2D eigenvalue weighted by atomic mass is 10.1. The van der Waals surface area contributed by atoms with E-state index in [1.807, 2.05) is 24.3 Å². The van der Waals surface area contributed by atoms with Crippen LogP contribution in [0.25, 0.3) is 0 Å². The van der Waals surface area contributed by atoms with E-state index in [9.17, 15) is 8.42 Å². The van der Waals surface area contributed by atoms with Gasteiger partial charge in [-0.1, -0.05) is 25.5 Å². The molecule has 0 saturated carbocycles. The van der Waals surface area contributed by atoms with Gasteiger partial charge in [-0.25, -0.2) is 8.42 Å². The Morgan fingerprint density at radius 1 is 0.926 bits per heavy atom. The number of aryl methyl sites for hydroxylation is 1. The number of anilines is 1. The molecule has 0 bridgehead atoms. The van der Waals surface area contributed by atoms with Crippen LogP contribution in [0.3, 0.4) is 0 Å². The Bertz CT molecular complexity index is 624. The van der Waals surface area contributed by atoms with E-state index in [0.29, 0.717) is 5.69 Å². The van der Waals surface area contributed by atoms with Crippen molar-refractivity contribution >= 4 is 15.7 Å². The number of quaternary nitrogens is 1. The van der Waals surface area contributed by atoms with Gasteiger partial charge in [-0.3, -0.25) is 4.72 Å². The predicted molar refractivity (Wildman–Crippen MR) is 111 cm³/mol. The smallest absolute Gasteiger partial charge is 0.229 e. The van der Waals surface area contributed by atoms with Crippen molar-refractivity contribution in [2.45, 2.75) is 64.7 Å². The standard InChI is InChI=1S/C21H37N2O2S.BrH/c1-3-4-16-23(17-8-5-6-9-18-23)19-10-7-11-20-12-14-21(15-13-20)22-26(2,24)25;/h12-15,22H,3-11,16-19H2,1-2H3;1H/q+1;/p-1. The molecule has 27 heavy (non-hydrogen) atoms. The fourth-order valence-corrected chi connectivity index (χ4v) is 4.71. The average molecular weight is 462 g/mol. The lowest BCUT2D eigenvalue weighted by Gasteiger charge is -2.38. The zero-order valence-corrected chi connectivity index (χ0v) is 19.5. The first-order valence-corrected chi connectivity index (χ1v) is 12.2. The monoisotopic (exact) mass is 460 g/mol. The summed E-state index contributed by atoms with van der Waals surface area (Å²) in [6, 6.07) is 7.81. The Kier molecular flexibility index (Phi) is 10.9. The average Bonchev–Trinajstić information content (AvgIpc) is 2.83. The molecule has 1 saturated heterocycles. The molecule has 0 unspecified atom stereocenters. The molecule has 2 rings (SSSR count). The Morgan fingerprint density at radius 3 is 2.07 bits per heavy atom. The van der Waals surface area contributed by atoms with Crippen molar-refractivity contribution in [2.24, 2.45) is 0 Å². The van der Waals surface area contributed by atoms with Crippen LogP contribution in [0.5, 0.6) is 0 Å². The van der Waals surface area contributed by atoms with E-state index in [-0.39, 0.29) is 17.0 Å². The van der Waals surface area contributed by atoms with Crippen molar-refractivity contribution < 1.29 is 29.9 Å². The zero-order valence-electron chi connectivity index (χ0n) is 17.1. The van der Waals surface area contributed by atoms with Crippen LogP contribution in [0.1, 0.15) is 63.9 Å². The predicted octanol–water partition coefficient (Wildman–Crippen LogP) is 1.58. The van der Waals surface area contributed by atoms with Crippen molar-refractivity contribution in [1.29, 1.82) is 0 Å². The van der Waals surface area contributed by atoms with E-state index in [4.69, 9.17) is 0 Å². The minimum absolute atomic E-state index is 0. The number of hydrogen-bond donors (Lipinski definition) is 1. The van der Waals surface area contributed by atoms with E-state index in [1.165, 1.54) is 93.8 Å². The van der Waals surface area contributed by atoms with Crippen molar-refractivity contribution in [3.05, 3.63) is 29.8 Å². The van der Waals surface area contributed by atoms with Gasteiger partial charge >= 0.3 is 0 Å². The zero-order chi connectivity index (χ0) is 18.9. The number of hydrogen-bond acceptors (Lipinski definition) is 2. The second-order valence-electron chi connectivity index (χ2n) is 8.03. The normalized spacial score (nSPS) is 17.0. The topological polar surface area (TPSA) is 46.2 Å². The number of unbranched alkanes of at least 4 members (excludes halogenated alkanes) is 2. The molecule has 1 fully saturated rings. The first-order valence-electron chi connectivity index (χ1n) is 10.3. The minimum Gasteiger partial charge on any atom is -1.00 e. The number of rotatable bonds is 10. The highest BCUT2D eigenvalue weighted by molar-refractivity contribution is 7.92. The van der Waals surface area contributed by atoms with E-state index in [2.05, 4.69) is 11.6 Å². The van der Waals surface area contributed by atoms with Crippen LogP contribution in [-0.2, 0) is 16.4 Å². The second-order valence-corrected chi connectivity index (χ2v) is 9.78. The summed E-state index contributed by atoms with van der Waals surface area (Å²) in [6.45, 7) is 7.75. The highest BCUT2D eigenvalue weighted by atomic mass is 79.9. The fraction of sp³-hybridized carbons (Fsp3) is 0.714. The van der Waals surface area contributed by atoms with Crippen molar-refractivity contribution in [2.75, 3.05) is 37.2 Å². The van der Waals surface area contributed by atoms with E-state index < -0.39 is 10.0 Å². The molecular weight excluding hydrogens is 424 g/mol. The van der Waals surface area contributed by atoms with Gasteiger partial charge in [0.15, 0.2) is 0 Å². The van der Waals surface area contributed by atoms with Gasteiger partial charge in [-0.15, -0.1) is 0 Å². The largest absolute Gasteiger partial charge is 1.00 e. The number of likely N-dealkylation sites (tertiary alicyclic amines) is 1. The number of nitrogens with zero attached hydrogens (tertiary/aromatic N) is 1. The Labute approximate surface area is 177 Å². The van der Waals surface area contributed by atoms with E-state index in [1.54, 1.807) is 0 Å². The molecular formula is C21H37BrN2O2S. The van der Waals surface area contributed by atoms with Gasteiger partial charge < -0.3 is 21.5 Å². The molecule has 0 radical (unpaired) electrons. The van der Waals surface area contributed by atoms with Gasteiger partial charge in [0.05, 0.1) is 32.4 Å². The van der Waals surface area contributed by atoms with Crippen LogP contribution in [0.4, 0.5) is 5.69 Å². The Hall–Kier alpha value is -0.590. The summed E-state index contributed by atoms with van der Waals surface area (Å²) < 4.78 is 26.4. The molecule has 156 valence electrons. The first-order chi connectivity index (χ1) is 12.4. The molecule has 6 heteroatoms. The number of benzene rings is 1. The molecule has 0 aliphatic carbocycles. The van der Waals surface area contributed by atoms with Gasteiger partial charge in [-0.2, -0.15) is 0 Å². The Balaban J connectivity index is 0.00000364. The maximum Gasteiger partial charge on any atom is 0.229 e. The summed E-state index contributed by atoms with van der Waals surface area (Å²) in [5, 5.41) is 0. The molecule has 1 aromatic rings. The molecule has 4 nitrogen and oxygen atoms in total. The summed E-state index contributed by atoms with van der Waals surface area (Å²) in [5.74, 6) is 0. The first kappa shape index (κ1) is 24.4. The van der Waals surface area contributed by atoms with E-state index in [0.717, 1.165) is 6.42 Å². The third-order valence-corrected chi connectivity index (χ3v) is 6.21. The van der Waals surface area contributed by atoms with Gasteiger partial charge in [0.2, 0.25) is 10.0 Å². The number of sulfonamides is 1. The molecule has 1 aliphatic rings. The molecule has 1 aliphatic heterocycles. The van der Waals surface area contributed by atoms with Crippen molar-refractivity contribution in [3.8, 4) is 0 Å². The van der Waals surface area contributed by atoms with Gasteiger partial charge in [-0.05, 0) is 69.1 Å². The van der Waals surface area contributed by atoms with Gasteiger partial charge in [0, 0.05) is 5.69 Å². The SMILES string of the molecule is CCCC[N+]1(CCCCc2ccc(NS(C)(=O)=O)cc2)CCCCCC1.[Br-]. The molecule has 0 atom stereocenters. The summed E-state index contributed by atoms with van der Waals surface area (Å²) in [6.07, 6.45) is 13.0. The van der Waals surface area contributed by atoms with Crippen LogP contribution >= 0.6 is 0 Å². The van der Waals surface area contributed by atoms with Crippen molar-refractivity contribution in [1.82, 2.24) is 0 Å². The highest BCUT2D eigenvalue weighted by Gasteiger charge is 2.27. The maximum absolute atomic E-state index is 11.3. The lowest BCUT2D eigenvalue weighted by Crippen LogP contribution is -3.00. The van der Waals surface area contributed by atoms with Crippen LogP contribution < -0.4 is 21.7 Å². The Morgan fingerprint density at radius 2 is 1.52 bits per heavy atom. The van der Waals surface area contributed by atoms with Crippen LogP contribution in [0.15, 0.2) is 24.3 Å². The third-order valence-electron chi connectivity index (χ3n) is 5.61. The summed E-state index contributed by atoms with van der Waals surface area (Å²) in [5.41, 5.74) is 1.94. The molecule has 0 amide bonds. The van der Waals surface area contributed by atoms with Gasteiger partial charge in [0.25, 0.3) is 0 Å². The minimum atomic E-state index is -3.19. The highest BCUT2D eigenvalue weighted by Crippen LogP contribution is 2.21. The second kappa shape index (κ2) is 12.1. The molecule has 1 N–H and O–H groups in total. The quantitative estimate of drug-likeness (QED) is 0.425. The van der Waals surface area contributed by atoms with Crippen LogP contribution in [0.2, 0.25) is 0 Å². The molecule has 1 heterocycles. The van der Waals surface area contributed by atoms with Crippen LogP contribution in [-0.4, -0.2) is 45.3 Å². The molecule has 0 aromatic heterocycles. The number of nitrogens with one attached hydrogen (secondary N) is 1. The van der Waals surface area contributed by atoms with E-state index >= 15 is 0 Å². The summed E-state index contributed by atoms with van der Waals surface area (Å²) in [7, 11) is -3.19. The number of halogens is 1. The summed E-state index contributed by atoms with van der Waals surface area (Å²) >= 11 is 0. The maximum atomic E-state index is 11.3.